The summed E-state index contributed by atoms with van der Waals surface area (Å²) in [5.74, 6) is -1.98. The highest BCUT2D eigenvalue weighted by Gasteiger charge is 2.39. The molecule has 0 unspecified atom stereocenters. The van der Waals surface area contributed by atoms with Gasteiger partial charge in [-0.3, -0.25) is 14.5 Å². The molecule has 0 saturated carbocycles. The molecule has 1 aliphatic heterocycles. The Bertz CT molecular complexity index is 1040. The molecule has 0 aromatic heterocycles. The molecular weight excluding hydrogens is 532 g/mol. The summed E-state index contributed by atoms with van der Waals surface area (Å²) >= 11 is 0. The van der Waals surface area contributed by atoms with Gasteiger partial charge >= 0.3 is 18.2 Å². The van der Waals surface area contributed by atoms with Crippen LogP contribution in [0.25, 0.3) is 0 Å². The molecule has 2 rings (SSSR count). The molecule has 1 fully saturated rings. The van der Waals surface area contributed by atoms with Gasteiger partial charge in [0, 0.05) is 13.1 Å². The standard InChI is InChI=1S/C29H44N4O8/c1-19(2)23(32-24(34)22-15-11-17-33(22)28(38)41-29(3,4)5)25(35)31-21(26(36)39-6)14-10-16-30-27(37)40-18-20-12-8-7-9-13-20/h7-9,12-13,19,21-23H,10-11,14-18H2,1-6H3,(H,30,37)(H,31,35)(H,32,34)/t21-,22+,23-/m0/s1. The van der Waals surface area contributed by atoms with Crippen LogP contribution in [-0.4, -0.2) is 78.8 Å². The number of rotatable bonds is 12. The number of amides is 4. The molecule has 228 valence electrons. The third kappa shape index (κ3) is 11.3. The van der Waals surface area contributed by atoms with Gasteiger partial charge in [0.25, 0.3) is 0 Å². The van der Waals surface area contributed by atoms with Gasteiger partial charge in [0.05, 0.1) is 7.11 Å². The summed E-state index contributed by atoms with van der Waals surface area (Å²) in [6.07, 6.45) is 0.445. The van der Waals surface area contributed by atoms with Crippen LogP contribution in [0.3, 0.4) is 0 Å². The minimum atomic E-state index is -0.988. The maximum Gasteiger partial charge on any atom is 0.410 e. The van der Waals surface area contributed by atoms with Crippen LogP contribution < -0.4 is 16.0 Å². The van der Waals surface area contributed by atoms with Crippen LogP contribution in [0.5, 0.6) is 0 Å². The van der Waals surface area contributed by atoms with Gasteiger partial charge in [0.2, 0.25) is 11.8 Å². The molecule has 41 heavy (non-hydrogen) atoms. The summed E-state index contributed by atoms with van der Waals surface area (Å²) in [6, 6.07) is 6.54. The van der Waals surface area contributed by atoms with Crippen LogP contribution in [0.2, 0.25) is 0 Å². The van der Waals surface area contributed by atoms with E-state index in [1.165, 1.54) is 12.0 Å². The van der Waals surface area contributed by atoms with Gasteiger partial charge in [-0.25, -0.2) is 14.4 Å². The smallest absolute Gasteiger partial charge is 0.410 e. The first-order valence-corrected chi connectivity index (χ1v) is 13.9. The van der Waals surface area contributed by atoms with Crippen molar-refractivity contribution < 1.29 is 38.2 Å². The zero-order valence-corrected chi connectivity index (χ0v) is 24.9. The van der Waals surface area contributed by atoms with E-state index in [0.29, 0.717) is 25.8 Å². The average Bonchev–Trinajstić information content (AvgIpc) is 3.41. The van der Waals surface area contributed by atoms with Gasteiger partial charge in [0.15, 0.2) is 0 Å². The van der Waals surface area contributed by atoms with Gasteiger partial charge < -0.3 is 30.2 Å². The monoisotopic (exact) mass is 576 g/mol. The van der Waals surface area contributed by atoms with Crippen molar-refractivity contribution in [1.29, 1.82) is 0 Å². The molecule has 1 aliphatic rings. The summed E-state index contributed by atoms with van der Waals surface area (Å²) in [7, 11) is 1.22. The number of hydrogen-bond donors (Lipinski definition) is 3. The third-order valence-electron chi connectivity index (χ3n) is 6.38. The second-order valence-electron chi connectivity index (χ2n) is 11.3. The van der Waals surface area contributed by atoms with Crippen LogP contribution in [0.15, 0.2) is 30.3 Å². The second-order valence-corrected chi connectivity index (χ2v) is 11.3. The largest absolute Gasteiger partial charge is 0.467 e. The molecule has 1 aromatic rings. The topological polar surface area (TPSA) is 152 Å². The van der Waals surface area contributed by atoms with Crippen molar-refractivity contribution in [2.45, 2.75) is 90.6 Å². The highest BCUT2D eigenvalue weighted by atomic mass is 16.6. The number of ether oxygens (including phenoxy) is 3. The van der Waals surface area contributed by atoms with E-state index in [4.69, 9.17) is 14.2 Å². The number of nitrogens with one attached hydrogen (secondary N) is 3. The van der Waals surface area contributed by atoms with Crippen LogP contribution >= 0.6 is 0 Å². The molecular formula is C29H44N4O8. The van der Waals surface area contributed by atoms with Gasteiger partial charge in [-0.2, -0.15) is 0 Å². The molecule has 12 heteroatoms. The van der Waals surface area contributed by atoms with Crippen molar-refractivity contribution in [2.75, 3.05) is 20.2 Å². The Morgan fingerprint density at radius 3 is 2.34 bits per heavy atom. The minimum Gasteiger partial charge on any atom is -0.467 e. The number of methoxy groups -OCH3 is 1. The summed E-state index contributed by atoms with van der Waals surface area (Å²) in [5, 5.41) is 8.04. The van der Waals surface area contributed by atoms with Gasteiger partial charge in [0.1, 0.15) is 30.3 Å². The molecule has 4 amide bonds. The summed E-state index contributed by atoms with van der Waals surface area (Å²) in [6.45, 7) is 9.51. The van der Waals surface area contributed by atoms with Crippen molar-refractivity contribution in [3.63, 3.8) is 0 Å². The second kappa shape index (κ2) is 15.8. The first-order valence-electron chi connectivity index (χ1n) is 13.9. The fourth-order valence-corrected chi connectivity index (χ4v) is 4.29. The first-order chi connectivity index (χ1) is 19.3. The van der Waals surface area contributed by atoms with E-state index < -0.39 is 53.7 Å². The molecule has 0 bridgehead atoms. The Kier molecular flexibility index (Phi) is 12.9. The van der Waals surface area contributed by atoms with Crippen molar-refractivity contribution in [2.24, 2.45) is 5.92 Å². The maximum absolute atomic E-state index is 13.2. The Morgan fingerprint density at radius 1 is 1.05 bits per heavy atom. The minimum absolute atomic E-state index is 0.131. The molecule has 1 saturated heterocycles. The molecule has 0 aliphatic carbocycles. The first kappa shape index (κ1) is 33.4. The molecule has 12 nitrogen and oxygen atoms in total. The number of carbonyl (C=O) groups excluding carboxylic acids is 5. The molecule has 3 N–H and O–H groups in total. The molecule has 1 heterocycles. The zero-order chi connectivity index (χ0) is 30.6. The number of nitrogens with zero attached hydrogens (tertiary/aromatic N) is 1. The van der Waals surface area contributed by atoms with Crippen LogP contribution in [-0.2, 0) is 35.2 Å². The third-order valence-corrected chi connectivity index (χ3v) is 6.38. The summed E-state index contributed by atoms with van der Waals surface area (Å²) < 4.78 is 15.4. The highest BCUT2D eigenvalue weighted by molar-refractivity contribution is 5.93. The lowest BCUT2D eigenvalue weighted by Gasteiger charge is -2.30. The quantitative estimate of drug-likeness (QED) is 0.195. The van der Waals surface area contributed by atoms with Gasteiger partial charge in [-0.1, -0.05) is 44.2 Å². The number of carbonyl (C=O) groups is 5. The average molecular weight is 577 g/mol. The van der Waals surface area contributed by atoms with Crippen LogP contribution in [0.1, 0.15) is 65.9 Å². The normalized spacial score (nSPS) is 16.4. The lowest BCUT2D eigenvalue weighted by molar-refractivity contribution is -0.145. The molecule has 3 atom stereocenters. The predicted octanol–water partition coefficient (Wildman–Crippen LogP) is 2.89. The number of likely N-dealkylation sites (tertiary alicyclic amines) is 1. The van der Waals surface area contributed by atoms with Crippen molar-refractivity contribution >= 4 is 30.0 Å². The van der Waals surface area contributed by atoms with E-state index >= 15 is 0 Å². The van der Waals surface area contributed by atoms with E-state index in [1.807, 2.05) is 30.3 Å². The highest BCUT2D eigenvalue weighted by Crippen LogP contribution is 2.21. The molecule has 1 aromatic carbocycles. The maximum atomic E-state index is 13.2. The fourth-order valence-electron chi connectivity index (χ4n) is 4.29. The predicted molar refractivity (Wildman–Crippen MR) is 151 cm³/mol. The number of benzene rings is 1. The Morgan fingerprint density at radius 2 is 1.73 bits per heavy atom. The Balaban J connectivity index is 1.91. The van der Waals surface area contributed by atoms with Crippen molar-refractivity contribution in [3.8, 4) is 0 Å². The van der Waals surface area contributed by atoms with Gasteiger partial charge in [-0.15, -0.1) is 0 Å². The number of hydrogen-bond acceptors (Lipinski definition) is 8. The van der Waals surface area contributed by atoms with E-state index in [2.05, 4.69) is 16.0 Å². The lowest BCUT2D eigenvalue weighted by atomic mass is 10.0. The fraction of sp³-hybridized carbons (Fsp3) is 0.621. The zero-order valence-electron chi connectivity index (χ0n) is 24.9. The van der Waals surface area contributed by atoms with E-state index in [9.17, 15) is 24.0 Å². The van der Waals surface area contributed by atoms with E-state index in [0.717, 1.165) is 5.56 Å². The Hall–Kier alpha value is -3.83. The lowest BCUT2D eigenvalue weighted by Crippen LogP contribution is -2.57. The number of alkyl carbamates (subject to hydrolysis) is 1. The summed E-state index contributed by atoms with van der Waals surface area (Å²) in [5.41, 5.74) is 0.149. The van der Waals surface area contributed by atoms with E-state index in [1.54, 1.807) is 34.6 Å². The van der Waals surface area contributed by atoms with Gasteiger partial charge in [-0.05, 0) is 57.9 Å². The number of esters is 1. The summed E-state index contributed by atoms with van der Waals surface area (Å²) in [4.78, 5) is 64.7. The van der Waals surface area contributed by atoms with E-state index in [-0.39, 0.29) is 25.5 Å². The molecule has 0 radical (unpaired) electrons. The van der Waals surface area contributed by atoms with Crippen molar-refractivity contribution in [3.05, 3.63) is 35.9 Å². The SMILES string of the molecule is COC(=O)[C@H](CCCNC(=O)OCc1ccccc1)NC(=O)[C@@H](NC(=O)[C@H]1CCCN1C(=O)OC(C)(C)C)C(C)C. The van der Waals surface area contributed by atoms with Crippen molar-refractivity contribution in [1.82, 2.24) is 20.9 Å². The van der Waals surface area contributed by atoms with Crippen LogP contribution in [0.4, 0.5) is 9.59 Å². The van der Waals surface area contributed by atoms with Crippen LogP contribution in [0, 0.1) is 5.92 Å². The molecule has 0 spiro atoms. The Labute approximate surface area is 241 Å².